The summed E-state index contributed by atoms with van der Waals surface area (Å²) in [5.74, 6) is 0.0452. The van der Waals surface area contributed by atoms with Gasteiger partial charge < -0.3 is 10.2 Å². The first-order valence-corrected chi connectivity index (χ1v) is 9.01. The zero-order valence-electron chi connectivity index (χ0n) is 14.1. The highest BCUT2D eigenvalue weighted by molar-refractivity contribution is 7.14. The van der Waals surface area contributed by atoms with Crippen molar-refractivity contribution in [1.29, 1.82) is 0 Å². The highest BCUT2D eigenvalue weighted by Gasteiger charge is 2.24. The number of rotatable bonds is 3. The SMILES string of the molecule is CC(=O)Nc1nc(-c2ccc3c(c2)CCCN3C(=O)C(C)C)cs1. The van der Waals surface area contributed by atoms with Crippen LogP contribution in [0.1, 0.15) is 32.8 Å². The molecule has 126 valence electrons. The molecule has 1 aliphatic heterocycles. The van der Waals surface area contributed by atoms with Gasteiger partial charge >= 0.3 is 0 Å². The lowest BCUT2D eigenvalue weighted by molar-refractivity contribution is -0.121. The lowest BCUT2D eigenvalue weighted by Gasteiger charge is -2.31. The zero-order chi connectivity index (χ0) is 17.3. The van der Waals surface area contributed by atoms with E-state index >= 15 is 0 Å². The molecule has 5 nitrogen and oxygen atoms in total. The number of fused-ring (bicyclic) bond motifs is 1. The number of anilines is 2. The van der Waals surface area contributed by atoms with E-state index in [4.69, 9.17) is 0 Å². The third kappa shape index (κ3) is 3.33. The van der Waals surface area contributed by atoms with Crippen molar-refractivity contribution in [3.05, 3.63) is 29.1 Å². The Morgan fingerprint density at radius 1 is 1.33 bits per heavy atom. The zero-order valence-corrected chi connectivity index (χ0v) is 14.9. The smallest absolute Gasteiger partial charge is 0.229 e. The van der Waals surface area contributed by atoms with Crippen LogP contribution in [0.2, 0.25) is 0 Å². The molecule has 6 heteroatoms. The molecule has 1 aromatic carbocycles. The minimum atomic E-state index is -0.121. The number of benzene rings is 1. The monoisotopic (exact) mass is 343 g/mol. The molecular formula is C18H21N3O2S. The molecule has 24 heavy (non-hydrogen) atoms. The van der Waals surface area contributed by atoms with Crippen LogP contribution in [0.4, 0.5) is 10.8 Å². The van der Waals surface area contributed by atoms with E-state index in [2.05, 4.69) is 16.4 Å². The molecule has 1 aromatic heterocycles. The van der Waals surface area contributed by atoms with Gasteiger partial charge in [-0.1, -0.05) is 19.9 Å². The van der Waals surface area contributed by atoms with E-state index in [0.29, 0.717) is 5.13 Å². The molecule has 0 unspecified atom stereocenters. The highest BCUT2D eigenvalue weighted by atomic mass is 32.1. The van der Waals surface area contributed by atoms with Crippen LogP contribution in [-0.2, 0) is 16.0 Å². The summed E-state index contributed by atoms with van der Waals surface area (Å²) in [6.07, 6.45) is 1.94. The minimum Gasteiger partial charge on any atom is -0.312 e. The average molecular weight is 343 g/mol. The predicted octanol–water partition coefficient (Wildman–Crippen LogP) is 3.70. The summed E-state index contributed by atoms with van der Waals surface area (Å²) in [7, 11) is 0. The number of carbonyl (C=O) groups is 2. The molecule has 2 amide bonds. The van der Waals surface area contributed by atoms with Crippen molar-refractivity contribution < 1.29 is 9.59 Å². The molecule has 0 radical (unpaired) electrons. The van der Waals surface area contributed by atoms with E-state index in [9.17, 15) is 9.59 Å². The molecule has 0 bridgehead atoms. The molecule has 0 fully saturated rings. The summed E-state index contributed by atoms with van der Waals surface area (Å²) in [5.41, 5.74) is 4.06. The van der Waals surface area contributed by atoms with Gasteiger partial charge in [-0.05, 0) is 30.5 Å². The van der Waals surface area contributed by atoms with Gasteiger partial charge in [0.15, 0.2) is 5.13 Å². The van der Waals surface area contributed by atoms with Crippen molar-refractivity contribution in [2.75, 3.05) is 16.8 Å². The van der Waals surface area contributed by atoms with E-state index in [-0.39, 0.29) is 17.7 Å². The summed E-state index contributed by atoms with van der Waals surface area (Å²) >= 11 is 1.41. The fourth-order valence-corrected chi connectivity index (χ4v) is 3.68. The maximum atomic E-state index is 12.4. The fraction of sp³-hybridized carbons (Fsp3) is 0.389. The Bertz CT molecular complexity index is 782. The van der Waals surface area contributed by atoms with Gasteiger partial charge in [0.05, 0.1) is 5.69 Å². The van der Waals surface area contributed by atoms with E-state index in [1.54, 1.807) is 0 Å². The van der Waals surface area contributed by atoms with Crippen LogP contribution in [0.15, 0.2) is 23.6 Å². The first-order valence-electron chi connectivity index (χ1n) is 8.13. The summed E-state index contributed by atoms with van der Waals surface area (Å²) in [6.45, 7) is 6.13. The molecule has 0 spiro atoms. The first kappa shape index (κ1) is 16.6. The van der Waals surface area contributed by atoms with Crippen LogP contribution < -0.4 is 10.2 Å². The van der Waals surface area contributed by atoms with Crippen LogP contribution >= 0.6 is 11.3 Å². The number of aromatic nitrogens is 1. The fourth-order valence-electron chi connectivity index (χ4n) is 2.91. The molecular weight excluding hydrogens is 322 g/mol. The van der Waals surface area contributed by atoms with Crippen molar-refractivity contribution in [2.45, 2.75) is 33.6 Å². The molecule has 1 N–H and O–H groups in total. The Balaban J connectivity index is 1.90. The topological polar surface area (TPSA) is 62.3 Å². The summed E-state index contributed by atoms with van der Waals surface area (Å²) in [5, 5.41) is 5.25. The Labute approximate surface area is 145 Å². The van der Waals surface area contributed by atoms with Gasteiger partial charge in [0.25, 0.3) is 0 Å². The average Bonchev–Trinajstić information content (AvgIpc) is 3.00. The van der Waals surface area contributed by atoms with Crippen molar-refractivity contribution in [3.8, 4) is 11.3 Å². The first-order chi connectivity index (χ1) is 11.5. The number of amides is 2. The molecule has 0 atom stereocenters. The lowest BCUT2D eigenvalue weighted by Crippen LogP contribution is -2.38. The van der Waals surface area contributed by atoms with Gasteiger partial charge in [0.1, 0.15) is 0 Å². The van der Waals surface area contributed by atoms with E-state index in [1.807, 2.05) is 36.3 Å². The molecule has 0 saturated carbocycles. The third-order valence-electron chi connectivity index (χ3n) is 4.04. The van der Waals surface area contributed by atoms with Gasteiger partial charge in [0, 0.05) is 36.0 Å². The highest BCUT2D eigenvalue weighted by Crippen LogP contribution is 2.33. The summed E-state index contributed by atoms with van der Waals surface area (Å²) in [4.78, 5) is 29.9. The Kier molecular flexibility index (Phi) is 4.66. The Morgan fingerprint density at radius 3 is 2.83 bits per heavy atom. The molecule has 1 aliphatic rings. The number of nitrogens with zero attached hydrogens (tertiary/aromatic N) is 2. The number of aryl methyl sites for hydroxylation is 1. The quantitative estimate of drug-likeness (QED) is 0.924. The van der Waals surface area contributed by atoms with Crippen molar-refractivity contribution >= 4 is 34.0 Å². The molecule has 2 aromatic rings. The summed E-state index contributed by atoms with van der Waals surface area (Å²) in [6, 6.07) is 6.13. The van der Waals surface area contributed by atoms with E-state index < -0.39 is 0 Å². The van der Waals surface area contributed by atoms with Crippen molar-refractivity contribution in [2.24, 2.45) is 5.92 Å². The summed E-state index contributed by atoms with van der Waals surface area (Å²) < 4.78 is 0. The van der Waals surface area contributed by atoms with Gasteiger partial charge in [-0.25, -0.2) is 4.98 Å². The van der Waals surface area contributed by atoms with Crippen LogP contribution in [0.3, 0.4) is 0 Å². The largest absolute Gasteiger partial charge is 0.312 e. The van der Waals surface area contributed by atoms with Gasteiger partial charge in [-0.15, -0.1) is 11.3 Å². The Morgan fingerprint density at radius 2 is 2.12 bits per heavy atom. The maximum absolute atomic E-state index is 12.4. The minimum absolute atomic E-state index is 0.00520. The third-order valence-corrected chi connectivity index (χ3v) is 4.80. The molecule has 0 aliphatic carbocycles. The molecule has 3 rings (SSSR count). The van der Waals surface area contributed by atoms with Crippen LogP contribution in [0.25, 0.3) is 11.3 Å². The van der Waals surface area contributed by atoms with Crippen LogP contribution in [0.5, 0.6) is 0 Å². The second-order valence-corrected chi connectivity index (χ2v) is 7.17. The van der Waals surface area contributed by atoms with Gasteiger partial charge in [-0.2, -0.15) is 0 Å². The van der Waals surface area contributed by atoms with E-state index in [1.165, 1.54) is 23.8 Å². The number of nitrogens with one attached hydrogen (secondary N) is 1. The number of carbonyl (C=O) groups excluding carboxylic acids is 2. The maximum Gasteiger partial charge on any atom is 0.229 e. The number of hydrogen-bond donors (Lipinski definition) is 1. The van der Waals surface area contributed by atoms with Crippen LogP contribution in [0, 0.1) is 5.92 Å². The Hall–Kier alpha value is -2.21. The number of hydrogen-bond acceptors (Lipinski definition) is 4. The second-order valence-electron chi connectivity index (χ2n) is 6.31. The number of thiazole rings is 1. The van der Waals surface area contributed by atoms with Crippen molar-refractivity contribution in [3.63, 3.8) is 0 Å². The van der Waals surface area contributed by atoms with Gasteiger partial charge in [-0.3, -0.25) is 9.59 Å². The normalized spacial score (nSPS) is 13.8. The van der Waals surface area contributed by atoms with E-state index in [0.717, 1.165) is 36.3 Å². The van der Waals surface area contributed by atoms with Gasteiger partial charge in [0.2, 0.25) is 11.8 Å². The lowest BCUT2D eigenvalue weighted by atomic mass is 9.97. The predicted molar refractivity (Wildman–Crippen MR) is 97.4 cm³/mol. The molecule has 2 heterocycles. The molecule has 0 saturated heterocycles. The second kappa shape index (κ2) is 6.73. The van der Waals surface area contributed by atoms with Crippen molar-refractivity contribution in [1.82, 2.24) is 4.98 Å². The standard InChI is InChI=1S/C18H21N3O2S/c1-11(2)17(23)21-8-4-5-14-9-13(6-7-16(14)21)15-10-24-18(20-15)19-12(3)22/h6-7,9-11H,4-5,8H2,1-3H3,(H,19,20,22). The van der Waals surface area contributed by atoms with Crippen LogP contribution in [-0.4, -0.2) is 23.3 Å².